The molecule has 4 N–H and O–H groups in total. The van der Waals surface area contributed by atoms with Crippen molar-refractivity contribution in [2.24, 2.45) is 34.5 Å². The van der Waals surface area contributed by atoms with Gasteiger partial charge in [0.15, 0.2) is 5.79 Å². The fourth-order valence-corrected chi connectivity index (χ4v) is 7.70. The summed E-state index contributed by atoms with van der Waals surface area (Å²) in [7, 11) is 0. The van der Waals surface area contributed by atoms with E-state index in [9.17, 15) is 25.2 Å². The molecule has 2 aliphatic heterocycles. The van der Waals surface area contributed by atoms with Crippen molar-refractivity contribution >= 4 is 5.97 Å². The van der Waals surface area contributed by atoms with Crippen molar-refractivity contribution < 1.29 is 34.7 Å². The number of hydrogen-bond acceptors (Lipinski definition) is 7. The van der Waals surface area contributed by atoms with Crippen LogP contribution in [0.3, 0.4) is 0 Å². The van der Waals surface area contributed by atoms with Gasteiger partial charge in [-0.15, -0.1) is 0 Å². The second-order valence-corrected chi connectivity index (χ2v) is 9.68. The van der Waals surface area contributed by atoms with Gasteiger partial charge in [-0.1, -0.05) is 25.5 Å². The maximum atomic E-state index is 12.3. The van der Waals surface area contributed by atoms with E-state index in [1.54, 1.807) is 6.08 Å². The lowest BCUT2D eigenvalue weighted by atomic mass is 9.38. The molecule has 27 heavy (non-hydrogen) atoms. The Morgan fingerprint density at radius 2 is 1.93 bits per heavy atom. The third kappa shape index (κ3) is 1.79. The summed E-state index contributed by atoms with van der Waals surface area (Å²) in [6, 6.07) is 0. The van der Waals surface area contributed by atoms with Gasteiger partial charge in [-0.05, 0) is 31.1 Å². The largest absolute Gasteiger partial charge is 0.462 e. The van der Waals surface area contributed by atoms with Crippen molar-refractivity contribution in [3.8, 4) is 0 Å². The third-order valence-corrected chi connectivity index (χ3v) is 8.78. The van der Waals surface area contributed by atoms with Crippen LogP contribution in [0.15, 0.2) is 11.6 Å². The van der Waals surface area contributed by atoms with Crippen LogP contribution in [0.25, 0.3) is 0 Å². The zero-order valence-corrected chi connectivity index (χ0v) is 15.8. The Kier molecular flexibility index (Phi) is 3.43. The number of esters is 1. The van der Waals surface area contributed by atoms with Crippen molar-refractivity contribution in [1.82, 2.24) is 0 Å². The van der Waals surface area contributed by atoms with Crippen LogP contribution in [0, 0.1) is 34.5 Å². The van der Waals surface area contributed by atoms with Crippen molar-refractivity contribution in [1.29, 1.82) is 0 Å². The molecule has 5 aliphatic rings. The lowest BCUT2D eigenvalue weighted by Gasteiger charge is -2.68. The molecule has 2 saturated heterocycles. The van der Waals surface area contributed by atoms with Gasteiger partial charge >= 0.3 is 5.97 Å². The molecule has 2 saturated carbocycles. The summed E-state index contributed by atoms with van der Waals surface area (Å²) < 4.78 is 11.7. The average molecular weight is 380 g/mol. The Morgan fingerprint density at radius 1 is 1.22 bits per heavy atom. The van der Waals surface area contributed by atoms with Gasteiger partial charge in [0.05, 0.1) is 18.8 Å². The van der Waals surface area contributed by atoms with E-state index in [1.807, 2.05) is 20.8 Å². The molecule has 0 aromatic heterocycles. The normalized spacial score (nSPS) is 61.6. The number of allylic oxidation sites excluding steroid dienone is 1. The number of aliphatic hydroxyl groups excluding tert-OH is 3. The van der Waals surface area contributed by atoms with Crippen LogP contribution >= 0.6 is 0 Å². The number of hydrogen-bond donors (Lipinski definition) is 4. The number of ether oxygens (including phenoxy) is 2. The monoisotopic (exact) mass is 380 g/mol. The second-order valence-electron chi connectivity index (χ2n) is 9.68. The van der Waals surface area contributed by atoms with Crippen molar-refractivity contribution in [2.75, 3.05) is 6.61 Å². The molecule has 7 nitrogen and oxygen atoms in total. The second kappa shape index (κ2) is 5.13. The standard InChI is InChI=1S/C20H28O7/c1-8-4-12(21)16(24)18(3)10(8)5-13-19-7-26-20(25,17(18)19)15(23)9(2)11(19)6-14(22)27-13/h4,9-13,15-17,21,23-25H,5-7H2,1-3H3/t9-,10+,11+,12+,13-,15-,16-,17-,18-,19-,20+/m1/s1. The highest BCUT2D eigenvalue weighted by Crippen LogP contribution is 2.73. The predicted molar refractivity (Wildman–Crippen MR) is 92.0 cm³/mol. The van der Waals surface area contributed by atoms with Crippen LogP contribution in [-0.4, -0.2) is 63.2 Å². The van der Waals surface area contributed by atoms with Crippen LogP contribution in [-0.2, 0) is 14.3 Å². The molecular weight excluding hydrogens is 352 g/mol. The Morgan fingerprint density at radius 3 is 2.63 bits per heavy atom. The average Bonchev–Trinajstić information content (AvgIpc) is 2.90. The highest BCUT2D eigenvalue weighted by molar-refractivity contribution is 5.71. The molecule has 0 radical (unpaired) electrons. The van der Waals surface area contributed by atoms with Crippen LogP contribution < -0.4 is 0 Å². The van der Waals surface area contributed by atoms with Gasteiger partial charge in [-0.3, -0.25) is 4.79 Å². The van der Waals surface area contributed by atoms with Crippen LogP contribution in [0.2, 0.25) is 0 Å². The van der Waals surface area contributed by atoms with Crippen molar-refractivity contribution in [3.05, 3.63) is 11.6 Å². The van der Waals surface area contributed by atoms with Crippen molar-refractivity contribution in [3.63, 3.8) is 0 Å². The van der Waals surface area contributed by atoms with Gasteiger partial charge in [0.25, 0.3) is 0 Å². The highest BCUT2D eigenvalue weighted by atomic mass is 16.6. The number of carbonyl (C=O) groups excluding carboxylic acids is 1. The lowest BCUT2D eigenvalue weighted by molar-refractivity contribution is -0.337. The molecule has 0 amide bonds. The maximum Gasteiger partial charge on any atom is 0.306 e. The minimum atomic E-state index is -1.84. The fraction of sp³-hybridized carbons (Fsp3) is 0.850. The summed E-state index contributed by atoms with van der Waals surface area (Å²) in [6.07, 6.45) is -1.46. The SMILES string of the molecule is CC1=C[C@H](O)[C@@H](O)[C@]2(C)[C@H]3[C@@]4(O)OC[C@@]35[C@@H](C[C@@H]12)OC(=O)C[C@H]5[C@@H](C)[C@H]4O. The third-order valence-electron chi connectivity index (χ3n) is 8.78. The molecule has 150 valence electrons. The van der Waals surface area contributed by atoms with Crippen LogP contribution in [0.4, 0.5) is 0 Å². The number of fused-ring (bicyclic) bond motifs is 1. The first-order valence-electron chi connectivity index (χ1n) is 9.86. The highest BCUT2D eigenvalue weighted by Gasteiger charge is 2.81. The molecule has 1 spiro atoms. The molecule has 2 heterocycles. The van der Waals surface area contributed by atoms with E-state index in [0.717, 1.165) is 5.57 Å². The number of rotatable bonds is 0. The molecule has 3 aliphatic carbocycles. The van der Waals surface area contributed by atoms with Crippen molar-refractivity contribution in [2.45, 2.75) is 63.8 Å². The quantitative estimate of drug-likeness (QED) is 0.344. The summed E-state index contributed by atoms with van der Waals surface area (Å²) in [5.41, 5.74) is -0.687. The Hall–Kier alpha value is -0.990. The summed E-state index contributed by atoms with van der Waals surface area (Å²) in [5.74, 6) is -3.53. The molecule has 5 rings (SSSR count). The first-order chi connectivity index (χ1) is 12.6. The van der Waals surface area contributed by atoms with Crippen LogP contribution in [0.5, 0.6) is 0 Å². The molecule has 0 unspecified atom stereocenters. The zero-order chi connectivity index (χ0) is 19.5. The van der Waals surface area contributed by atoms with Gasteiger partial charge < -0.3 is 29.9 Å². The van der Waals surface area contributed by atoms with E-state index in [-0.39, 0.29) is 36.8 Å². The van der Waals surface area contributed by atoms with Crippen LogP contribution in [0.1, 0.15) is 33.6 Å². The van der Waals surface area contributed by atoms with E-state index in [1.165, 1.54) is 0 Å². The molecular formula is C20H28O7. The Balaban J connectivity index is 1.77. The van der Waals surface area contributed by atoms with Gasteiger partial charge in [0.1, 0.15) is 12.2 Å². The molecule has 0 aromatic carbocycles. The molecule has 4 fully saturated rings. The predicted octanol–water partition coefficient (Wildman–Crippen LogP) is -0.0420. The maximum absolute atomic E-state index is 12.3. The smallest absolute Gasteiger partial charge is 0.306 e. The number of carbonyl (C=O) groups is 1. The first kappa shape index (κ1) is 18.1. The summed E-state index contributed by atoms with van der Waals surface area (Å²) in [5, 5.41) is 44.1. The minimum absolute atomic E-state index is 0.166. The molecule has 2 bridgehead atoms. The van der Waals surface area contributed by atoms with E-state index >= 15 is 0 Å². The fourth-order valence-electron chi connectivity index (χ4n) is 7.70. The minimum Gasteiger partial charge on any atom is -0.462 e. The van der Waals surface area contributed by atoms with E-state index in [0.29, 0.717) is 6.42 Å². The Labute approximate surface area is 158 Å². The molecule has 7 heteroatoms. The topological polar surface area (TPSA) is 116 Å². The van der Waals surface area contributed by atoms with E-state index in [2.05, 4.69) is 0 Å². The van der Waals surface area contributed by atoms with Gasteiger partial charge in [-0.25, -0.2) is 0 Å². The molecule has 11 atom stereocenters. The number of aliphatic hydroxyl groups is 4. The summed E-state index contributed by atoms with van der Waals surface area (Å²) >= 11 is 0. The summed E-state index contributed by atoms with van der Waals surface area (Å²) in [4.78, 5) is 12.3. The van der Waals surface area contributed by atoms with Gasteiger partial charge in [-0.2, -0.15) is 0 Å². The van der Waals surface area contributed by atoms with E-state index < -0.39 is 47.0 Å². The Bertz CT molecular complexity index is 736. The van der Waals surface area contributed by atoms with Gasteiger partial charge in [0, 0.05) is 23.2 Å². The van der Waals surface area contributed by atoms with E-state index in [4.69, 9.17) is 9.47 Å². The summed E-state index contributed by atoms with van der Waals surface area (Å²) in [6.45, 7) is 5.79. The first-order valence-corrected chi connectivity index (χ1v) is 9.86. The van der Waals surface area contributed by atoms with Gasteiger partial charge in [0.2, 0.25) is 0 Å². The lowest BCUT2D eigenvalue weighted by Crippen LogP contribution is -2.76. The zero-order valence-electron chi connectivity index (χ0n) is 15.8. The molecule has 0 aromatic rings.